The summed E-state index contributed by atoms with van der Waals surface area (Å²) in [5, 5.41) is 3.66. The lowest BCUT2D eigenvalue weighted by Gasteiger charge is -2.06. The number of unbranched alkanes of at least 4 members (excludes halogenated alkanes) is 31. The fraction of sp³-hybridized carbons (Fsp3) is 1.00. The Labute approximate surface area is 243 Å². The van der Waals surface area contributed by atoms with Crippen molar-refractivity contribution in [3.05, 3.63) is 0 Å². The topological polar surface area (TPSA) is 12.0 Å². The zero-order valence-corrected chi connectivity index (χ0v) is 27.2. The van der Waals surface area contributed by atoms with Crippen molar-refractivity contribution in [3.63, 3.8) is 0 Å². The number of hydrogen-bond acceptors (Lipinski definition) is 1. The summed E-state index contributed by atoms with van der Waals surface area (Å²) in [6.07, 6.45) is 48.2. The molecule has 1 nitrogen and oxygen atoms in total. The molecule has 0 spiro atoms. The van der Waals surface area contributed by atoms with E-state index in [-0.39, 0.29) is 0 Å². The van der Waals surface area contributed by atoms with E-state index in [9.17, 15) is 0 Å². The van der Waals surface area contributed by atoms with E-state index in [0.717, 1.165) is 0 Å². The maximum Gasteiger partial charge on any atom is -0.00489 e. The van der Waals surface area contributed by atoms with E-state index < -0.39 is 0 Å². The van der Waals surface area contributed by atoms with Gasteiger partial charge >= 0.3 is 0 Å². The van der Waals surface area contributed by atoms with Crippen molar-refractivity contribution in [2.75, 3.05) is 13.1 Å². The molecule has 0 unspecified atom stereocenters. The molecule has 0 bridgehead atoms. The zero-order chi connectivity index (χ0) is 27.5. The Hall–Kier alpha value is -0.0400. The molecule has 1 heteroatoms. The molecule has 0 fully saturated rings. The maximum absolute atomic E-state index is 3.66. The average Bonchev–Trinajstić information content (AvgIpc) is 2.93. The van der Waals surface area contributed by atoms with Crippen molar-refractivity contribution in [2.45, 2.75) is 226 Å². The first-order valence-electron chi connectivity index (χ1n) is 18.6. The summed E-state index contributed by atoms with van der Waals surface area (Å²) in [6, 6.07) is 0. The minimum absolute atomic E-state index is 1.24. The molecule has 0 saturated heterocycles. The second-order valence-corrected chi connectivity index (χ2v) is 12.7. The van der Waals surface area contributed by atoms with Crippen LogP contribution >= 0.6 is 0 Å². The first-order chi connectivity index (χ1) is 18.9. The molecule has 1 N–H and O–H groups in total. The predicted molar refractivity (Wildman–Crippen MR) is 177 cm³/mol. The van der Waals surface area contributed by atoms with Crippen LogP contribution in [0.15, 0.2) is 0 Å². The van der Waals surface area contributed by atoms with Crippen molar-refractivity contribution in [1.29, 1.82) is 0 Å². The smallest absolute Gasteiger partial charge is 0.00489 e. The summed E-state index contributed by atoms with van der Waals surface area (Å²) >= 11 is 0. The monoisotopic (exact) mass is 536 g/mol. The summed E-state index contributed by atoms with van der Waals surface area (Å²) < 4.78 is 0. The van der Waals surface area contributed by atoms with E-state index in [2.05, 4.69) is 19.2 Å². The van der Waals surface area contributed by atoms with Crippen LogP contribution in [0.4, 0.5) is 0 Å². The minimum Gasteiger partial charge on any atom is -0.317 e. The van der Waals surface area contributed by atoms with Crippen LogP contribution in [-0.4, -0.2) is 13.1 Å². The van der Waals surface area contributed by atoms with Gasteiger partial charge in [-0.05, 0) is 25.9 Å². The lowest BCUT2D eigenvalue weighted by atomic mass is 10.0. The molecule has 0 atom stereocenters. The van der Waals surface area contributed by atoms with Gasteiger partial charge in [0.1, 0.15) is 0 Å². The van der Waals surface area contributed by atoms with Gasteiger partial charge in [0.05, 0.1) is 0 Å². The number of hydrogen-bond donors (Lipinski definition) is 1. The molecule has 0 aromatic heterocycles. The lowest BCUT2D eigenvalue weighted by Crippen LogP contribution is -2.16. The summed E-state index contributed by atoms with van der Waals surface area (Å²) in [4.78, 5) is 0. The van der Waals surface area contributed by atoms with E-state index in [1.54, 1.807) is 0 Å². The van der Waals surface area contributed by atoms with Crippen molar-refractivity contribution in [3.8, 4) is 0 Å². The summed E-state index contributed by atoms with van der Waals surface area (Å²) in [7, 11) is 0. The van der Waals surface area contributed by atoms with E-state index in [4.69, 9.17) is 0 Å². The largest absolute Gasteiger partial charge is 0.317 e. The summed E-state index contributed by atoms with van der Waals surface area (Å²) in [6.45, 7) is 7.10. The predicted octanol–water partition coefficient (Wildman–Crippen LogP) is 13.5. The lowest BCUT2D eigenvalue weighted by molar-refractivity contribution is 0.513. The third-order valence-corrected chi connectivity index (χ3v) is 8.66. The molecule has 0 aliphatic heterocycles. The summed E-state index contributed by atoms with van der Waals surface area (Å²) in [5.41, 5.74) is 0. The van der Waals surface area contributed by atoms with E-state index in [1.165, 1.54) is 225 Å². The molecule has 0 rings (SSSR count). The highest BCUT2D eigenvalue weighted by molar-refractivity contribution is 4.54. The van der Waals surface area contributed by atoms with Crippen molar-refractivity contribution < 1.29 is 0 Å². The highest BCUT2D eigenvalue weighted by Gasteiger charge is 1.97. The third-order valence-electron chi connectivity index (χ3n) is 8.66. The van der Waals surface area contributed by atoms with E-state index in [1.807, 2.05) is 0 Å². The van der Waals surface area contributed by atoms with Crippen LogP contribution in [-0.2, 0) is 0 Å². The third kappa shape index (κ3) is 36.0. The molecule has 0 aliphatic carbocycles. The molecule has 0 aromatic rings. The highest BCUT2D eigenvalue weighted by Crippen LogP contribution is 2.16. The number of nitrogens with one attached hydrogen (secondary N) is 1. The first kappa shape index (κ1) is 38.0. The fourth-order valence-electron chi connectivity index (χ4n) is 5.90. The molecule has 0 amide bonds. The Kier molecular flexibility index (Phi) is 36.9. The van der Waals surface area contributed by atoms with Gasteiger partial charge in [-0.2, -0.15) is 0 Å². The molecule has 230 valence electrons. The van der Waals surface area contributed by atoms with Gasteiger partial charge in [0.25, 0.3) is 0 Å². The normalized spacial score (nSPS) is 11.5. The number of rotatable bonds is 35. The fourth-order valence-corrected chi connectivity index (χ4v) is 5.90. The molecule has 0 saturated carbocycles. The Bertz CT molecular complexity index is 343. The van der Waals surface area contributed by atoms with Gasteiger partial charge in [0, 0.05) is 0 Å². The van der Waals surface area contributed by atoms with Crippen LogP contribution in [0.5, 0.6) is 0 Å². The minimum atomic E-state index is 1.24. The van der Waals surface area contributed by atoms with Crippen LogP contribution in [0.25, 0.3) is 0 Å². The van der Waals surface area contributed by atoms with Crippen LogP contribution in [0.2, 0.25) is 0 Å². The Balaban J connectivity index is 3.01. The van der Waals surface area contributed by atoms with Crippen LogP contribution in [0.1, 0.15) is 226 Å². The molecule has 0 aliphatic rings. The second kappa shape index (κ2) is 37.0. The second-order valence-electron chi connectivity index (χ2n) is 12.7. The average molecular weight is 536 g/mol. The molecule has 0 radical (unpaired) electrons. The Morgan fingerprint density at radius 2 is 0.368 bits per heavy atom. The van der Waals surface area contributed by atoms with Gasteiger partial charge in [0.2, 0.25) is 0 Å². The molecule has 0 aromatic carbocycles. The quantitative estimate of drug-likeness (QED) is 0.0795. The molecular formula is C37H77N. The van der Waals surface area contributed by atoms with Crippen LogP contribution in [0, 0.1) is 0 Å². The van der Waals surface area contributed by atoms with Gasteiger partial charge in [-0.25, -0.2) is 0 Å². The Morgan fingerprint density at radius 3 is 0.553 bits per heavy atom. The van der Waals surface area contributed by atoms with E-state index in [0.29, 0.717) is 0 Å². The van der Waals surface area contributed by atoms with Crippen LogP contribution < -0.4 is 5.32 Å². The SMILES string of the molecule is CCCCCCCCCCCCCCCCCCCCCCCCCCCNCCCCCCCCCC. The van der Waals surface area contributed by atoms with Crippen molar-refractivity contribution in [1.82, 2.24) is 5.32 Å². The summed E-state index contributed by atoms with van der Waals surface area (Å²) in [5.74, 6) is 0. The molecule has 38 heavy (non-hydrogen) atoms. The maximum atomic E-state index is 3.66. The van der Waals surface area contributed by atoms with Crippen molar-refractivity contribution >= 4 is 0 Å². The van der Waals surface area contributed by atoms with E-state index >= 15 is 0 Å². The Morgan fingerprint density at radius 1 is 0.211 bits per heavy atom. The van der Waals surface area contributed by atoms with Gasteiger partial charge in [-0.1, -0.05) is 213 Å². The van der Waals surface area contributed by atoms with Gasteiger partial charge < -0.3 is 5.32 Å². The zero-order valence-electron chi connectivity index (χ0n) is 27.2. The van der Waals surface area contributed by atoms with Gasteiger partial charge in [-0.15, -0.1) is 0 Å². The van der Waals surface area contributed by atoms with Gasteiger partial charge in [0.15, 0.2) is 0 Å². The molecular weight excluding hydrogens is 458 g/mol. The highest BCUT2D eigenvalue weighted by atomic mass is 14.8. The van der Waals surface area contributed by atoms with Crippen LogP contribution in [0.3, 0.4) is 0 Å². The standard InChI is InChI=1S/C37H77N/c1-3-5-7-9-11-13-14-15-16-17-18-19-20-21-22-23-24-25-26-27-28-29-31-33-35-37-38-36-34-32-30-12-10-8-6-4-2/h38H,3-37H2,1-2H3. The van der Waals surface area contributed by atoms with Gasteiger partial charge in [-0.3, -0.25) is 0 Å². The van der Waals surface area contributed by atoms with Crippen molar-refractivity contribution in [2.24, 2.45) is 0 Å². The first-order valence-corrected chi connectivity index (χ1v) is 18.6. The molecule has 0 heterocycles.